The molecule has 0 N–H and O–H groups in total. The van der Waals surface area contributed by atoms with Gasteiger partial charge in [0.15, 0.2) is 11.5 Å². The van der Waals surface area contributed by atoms with E-state index in [1.807, 2.05) is 66.7 Å². The summed E-state index contributed by atoms with van der Waals surface area (Å²) in [7, 11) is 1.59. The maximum atomic E-state index is 11.7. The molecule has 0 bridgehead atoms. The molecule has 8 nitrogen and oxygen atoms in total. The van der Waals surface area contributed by atoms with Crippen molar-refractivity contribution in [1.82, 2.24) is 14.8 Å². The van der Waals surface area contributed by atoms with Crippen LogP contribution >= 0.6 is 35.6 Å². The first-order valence-corrected chi connectivity index (χ1v) is 17.5. The fourth-order valence-electron chi connectivity index (χ4n) is 5.80. The van der Waals surface area contributed by atoms with E-state index in [0.29, 0.717) is 46.4 Å². The van der Waals surface area contributed by atoms with Gasteiger partial charge >= 0.3 is 0 Å². The normalized spacial score (nSPS) is 13.2. The zero-order valence-corrected chi connectivity index (χ0v) is 31.1. The Hall–Kier alpha value is -4.73. The van der Waals surface area contributed by atoms with Crippen LogP contribution in [-0.4, -0.2) is 61.0 Å². The third-order valence-electron chi connectivity index (χ3n) is 8.58. The lowest BCUT2D eigenvalue weighted by molar-refractivity contribution is -0.104. The Morgan fingerprint density at radius 1 is 0.808 bits per heavy atom. The van der Waals surface area contributed by atoms with Crippen molar-refractivity contribution >= 4 is 47.6 Å². The number of aldehydes is 1. The maximum Gasteiger partial charge on any atom is 0.219 e. The number of allylic oxidation sites excluding steroid dienone is 1. The maximum absolute atomic E-state index is 11.7. The van der Waals surface area contributed by atoms with E-state index in [1.165, 1.54) is 11.1 Å². The molecule has 2 heterocycles. The van der Waals surface area contributed by atoms with Gasteiger partial charge < -0.3 is 23.8 Å². The lowest BCUT2D eigenvalue weighted by Gasteiger charge is -2.37. The number of aromatic nitrogens is 1. The van der Waals surface area contributed by atoms with Crippen LogP contribution in [0, 0.1) is 0 Å². The van der Waals surface area contributed by atoms with Crippen LogP contribution in [0.3, 0.4) is 0 Å². The summed E-state index contributed by atoms with van der Waals surface area (Å²) in [5, 5.41) is 1.35. The minimum Gasteiger partial charge on any atom is -0.493 e. The minimum absolute atomic E-state index is 0. The van der Waals surface area contributed by atoms with E-state index in [9.17, 15) is 4.79 Å². The van der Waals surface area contributed by atoms with Crippen molar-refractivity contribution in [2.75, 3.05) is 39.9 Å². The molecule has 1 fully saturated rings. The fraction of sp³-hybridized carbons (Fsp3) is 0.220. The van der Waals surface area contributed by atoms with Gasteiger partial charge in [0.25, 0.3) is 0 Å². The lowest BCUT2D eigenvalue weighted by Crippen LogP contribution is -2.44. The molecule has 0 aliphatic carbocycles. The van der Waals surface area contributed by atoms with Crippen molar-refractivity contribution < 1.29 is 23.7 Å². The number of ether oxygens (including phenoxy) is 4. The Balaban J connectivity index is 0.00000523. The number of halogens is 3. The third-order valence-corrected chi connectivity index (χ3v) is 9.20. The van der Waals surface area contributed by atoms with Gasteiger partial charge in [-0.3, -0.25) is 9.69 Å². The summed E-state index contributed by atoms with van der Waals surface area (Å²) in [6.07, 6.45) is 4.88. The van der Waals surface area contributed by atoms with Crippen LogP contribution in [0.1, 0.15) is 22.3 Å². The molecule has 1 aromatic heterocycles. The highest BCUT2D eigenvalue weighted by Gasteiger charge is 2.21. The van der Waals surface area contributed by atoms with Crippen LogP contribution in [0.2, 0.25) is 10.0 Å². The Labute approximate surface area is 320 Å². The van der Waals surface area contributed by atoms with E-state index in [2.05, 4.69) is 39.0 Å². The van der Waals surface area contributed by atoms with Crippen molar-refractivity contribution in [3.05, 3.63) is 148 Å². The molecule has 1 saturated heterocycles. The van der Waals surface area contributed by atoms with Gasteiger partial charge in [0, 0.05) is 78.2 Å². The van der Waals surface area contributed by atoms with Crippen molar-refractivity contribution in [3.8, 4) is 28.9 Å². The largest absolute Gasteiger partial charge is 0.493 e. The zero-order valence-electron chi connectivity index (χ0n) is 28.8. The number of carbonyl (C=O) groups is 1. The van der Waals surface area contributed by atoms with E-state index in [1.54, 1.807) is 31.5 Å². The first-order chi connectivity index (χ1) is 25.0. The van der Waals surface area contributed by atoms with Crippen LogP contribution in [0.15, 0.2) is 115 Å². The molecular formula is C41H40Cl3N3O5. The summed E-state index contributed by atoms with van der Waals surface area (Å²) in [6, 6.07) is 32.9. The van der Waals surface area contributed by atoms with Gasteiger partial charge in [-0.25, -0.2) is 4.98 Å². The third kappa shape index (κ3) is 10.7. The molecule has 270 valence electrons. The number of hydrogen-bond acceptors (Lipinski definition) is 8. The van der Waals surface area contributed by atoms with Gasteiger partial charge in [-0.1, -0.05) is 65.7 Å². The molecule has 0 atom stereocenters. The summed E-state index contributed by atoms with van der Waals surface area (Å²) in [6.45, 7) is 5.12. The first-order valence-electron chi connectivity index (χ1n) is 16.7. The average molecular weight is 761 g/mol. The summed E-state index contributed by atoms with van der Waals surface area (Å²) < 4.78 is 23.4. The topological polar surface area (TPSA) is 73.4 Å². The Morgan fingerprint density at radius 3 is 2.23 bits per heavy atom. The minimum atomic E-state index is 0. The standard InChI is InChI=1S/C41H39Cl2N3O5.ClH/c1-48-40-26-32(10-16-39(40)51-41-17-15-36(27-44-41)50-29-33-4-2-3-5-37(33)43)38(18-24-47)46-22-20-45(21-23-46)28-31-8-6-30(7-9-31)19-25-49-35-13-11-34(42)12-14-35;/h2-18,24,26-27H,19-23,25,28-29H2,1H3;1H/b38-18+;. The number of methoxy groups -OCH3 is 1. The van der Waals surface area contributed by atoms with Crippen LogP contribution < -0.4 is 18.9 Å². The molecule has 0 spiro atoms. The van der Waals surface area contributed by atoms with Gasteiger partial charge in [-0.15, -0.1) is 12.4 Å². The molecular weight excluding hydrogens is 721 g/mol. The SMILES string of the molecule is COc1cc(/C(=C\C=O)N2CCN(Cc3ccc(CCOc4ccc(Cl)cc4)cc3)CC2)ccc1Oc1ccc(OCc2ccccc2Cl)cn1.Cl. The Bertz CT molecular complexity index is 1910. The van der Waals surface area contributed by atoms with Crippen molar-refractivity contribution in [1.29, 1.82) is 0 Å². The molecule has 1 aliphatic heterocycles. The zero-order chi connectivity index (χ0) is 35.4. The second kappa shape index (κ2) is 19.2. The number of hydrogen-bond donors (Lipinski definition) is 0. The number of rotatable bonds is 15. The molecule has 52 heavy (non-hydrogen) atoms. The predicted molar refractivity (Wildman–Crippen MR) is 208 cm³/mol. The van der Waals surface area contributed by atoms with Crippen molar-refractivity contribution in [3.63, 3.8) is 0 Å². The molecule has 0 saturated carbocycles. The molecule has 6 rings (SSSR count). The number of benzene rings is 4. The molecule has 5 aromatic rings. The van der Waals surface area contributed by atoms with Crippen molar-refractivity contribution in [2.24, 2.45) is 0 Å². The van der Waals surface area contributed by atoms with Crippen LogP contribution in [0.5, 0.6) is 28.9 Å². The van der Waals surface area contributed by atoms with Crippen LogP contribution in [0.4, 0.5) is 0 Å². The van der Waals surface area contributed by atoms with Gasteiger partial charge in [-0.05, 0) is 65.7 Å². The Kier molecular flexibility index (Phi) is 14.2. The molecule has 4 aromatic carbocycles. The van der Waals surface area contributed by atoms with E-state index in [4.69, 9.17) is 42.1 Å². The van der Waals surface area contributed by atoms with Crippen molar-refractivity contribution in [2.45, 2.75) is 19.6 Å². The van der Waals surface area contributed by atoms with Gasteiger partial charge in [0.1, 0.15) is 24.4 Å². The van der Waals surface area contributed by atoms with E-state index < -0.39 is 0 Å². The lowest BCUT2D eigenvalue weighted by atomic mass is 10.1. The highest BCUT2D eigenvalue weighted by molar-refractivity contribution is 6.31. The van der Waals surface area contributed by atoms with E-state index >= 15 is 0 Å². The molecule has 0 radical (unpaired) electrons. The van der Waals surface area contributed by atoms with Crippen LogP contribution in [0.25, 0.3) is 5.70 Å². The second-order valence-corrected chi connectivity index (χ2v) is 12.8. The second-order valence-electron chi connectivity index (χ2n) is 12.0. The number of piperazine rings is 1. The number of nitrogens with zero attached hydrogens (tertiary/aromatic N) is 3. The first kappa shape index (κ1) is 38.5. The summed E-state index contributed by atoms with van der Waals surface area (Å²) >= 11 is 12.2. The molecule has 11 heteroatoms. The quantitative estimate of drug-likeness (QED) is 0.0773. The summed E-state index contributed by atoms with van der Waals surface area (Å²) in [5.41, 5.74) is 5.11. The molecule has 1 aliphatic rings. The highest BCUT2D eigenvalue weighted by atomic mass is 35.5. The van der Waals surface area contributed by atoms with E-state index in [0.717, 1.165) is 68.0 Å². The molecule has 0 unspecified atom stereocenters. The monoisotopic (exact) mass is 759 g/mol. The van der Waals surface area contributed by atoms with Gasteiger partial charge in [-0.2, -0.15) is 0 Å². The van der Waals surface area contributed by atoms with Crippen LogP contribution in [-0.2, 0) is 24.4 Å². The number of carbonyl (C=O) groups excluding carboxylic acids is 1. The summed E-state index contributed by atoms with van der Waals surface area (Å²) in [4.78, 5) is 20.8. The summed E-state index contributed by atoms with van der Waals surface area (Å²) in [5.74, 6) is 2.85. The number of pyridine rings is 1. The fourth-order valence-corrected chi connectivity index (χ4v) is 6.11. The highest BCUT2D eigenvalue weighted by Crippen LogP contribution is 2.35. The average Bonchev–Trinajstić information content (AvgIpc) is 3.16. The predicted octanol–water partition coefficient (Wildman–Crippen LogP) is 9.17. The smallest absolute Gasteiger partial charge is 0.219 e. The van der Waals surface area contributed by atoms with Gasteiger partial charge in [0.05, 0.1) is 19.9 Å². The van der Waals surface area contributed by atoms with Gasteiger partial charge in [0.2, 0.25) is 5.88 Å². The Morgan fingerprint density at radius 2 is 1.54 bits per heavy atom. The molecule has 0 amide bonds. The van der Waals surface area contributed by atoms with E-state index in [-0.39, 0.29) is 12.4 Å².